The summed E-state index contributed by atoms with van der Waals surface area (Å²) < 4.78 is 28.0. The van der Waals surface area contributed by atoms with Crippen molar-refractivity contribution in [1.29, 1.82) is 0 Å². The Bertz CT molecular complexity index is 1860. The second kappa shape index (κ2) is 25.4. The molecule has 1 fully saturated rings. The molecule has 17 heteroatoms. The first kappa shape index (κ1) is 53.4. The van der Waals surface area contributed by atoms with Gasteiger partial charge in [0.1, 0.15) is 17.9 Å². The minimum Gasteiger partial charge on any atom is -0.790 e. The number of hydrogen-bond donors (Lipinski definition) is 3. The van der Waals surface area contributed by atoms with Gasteiger partial charge in [0.25, 0.3) is 5.91 Å². The number of esters is 1. The molecule has 0 aromatic heterocycles. The molecule has 0 radical (unpaired) electrons. The van der Waals surface area contributed by atoms with Crippen molar-refractivity contribution >= 4 is 31.6 Å². The molecule has 4 amide bonds. The van der Waals surface area contributed by atoms with Crippen molar-refractivity contribution in [3.05, 3.63) is 101 Å². The molecule has 1 aliphatic rings. The van der Waals surface area contributed by atoms with E-state index in [0.29, 0.717) is 31.7 Å². The second-order valence-corrected chi connectivity index (χ2v) is 17.0. The van der Waals surface area contributed by atoms with Gasteiger partial charge in [-0.1, -0.05) is 92.7 Å². The van der Waals surface area contributed by atoms with E-state index in [1.54, 1.807) is 18.7 Å². The van der Waals surface area contributed by atoms with Crippen LogP contribution in [0.4, 0.5) is 4.79 Å². The third kappa shape index (κ3) is 17.2. The molecule has 316 valence electrons. The molecule has 0 aliphatic carbocycles. The minimum absolute atomic E-state index is 0. The van der Waals surface area contributed by atoms with Crippen molar-refractivity contribution in [2.75, 3.05) is 26.3 Å². The van der Waals surface area contributed by atoms with Crippen LogP contribution in [0.3, 0.4) is 0 Å². The molecule has 1 unspecified atom stereocenters. The molecule has 4 rings (SSSR count). The fourth-order valence-corrected chi connectivity index (χ4v) is 7.35. The molecule has 1 heterocycles. The number of ether oxygens (including phenoxy) is 2. The van der Waals surface area contributed by atoms with Crippen molar-refractivity contribution in [3.8, 4) is 5.75 Å². The monoisotopic (exact) mass is 866 g/mol. The number of phosphoric ester groups is 1. The van der Waals surface area contributed by atoms with Gasteiger partial charge in [-0.3, -0.25) is 14.4 Å². The number of carbonyl (C=O) groups is 4. The van der Waals surface area contributed by atoms with Crippen molar-refractivity contribution in [2.45, 2.75) is 97.9 Å². The predicted molar refractivity (Wildman–Crippen MR) is 215 cm³/mol. The van der Waals surface area contributed by atoms with E-state index in [1.165, 1.54) is 0 Å². The van der Waals surface area contributed by atoms with E-state index in [0.717, 1.165) is 22.3 Å². The number of urea groups is 1. The van der Waals surface area contributed by atoms with Crippen LogP contribution < -0.4 is 89.6 Å². The quantitative estimate of drug-likeness (QED) is 0.0621. The Morgan fingerprint density at radius 2 is 1.47 bits per heavy atom. The van der Waals surface area contributed by atoms with E-state index >= 15 is 0 Å². The molecule has 1 saturated heterocycles. The largest absolute Gasteiger partial charge is 1.00 e. The van der Waals surface area contributed by atoms with Gasteiger partial charge in [-0.05, 0) is 81.5 Å². The van der Waals surface area contributed by atoms with E-state index in [9.17, 15) is 33.5 Å². The SMILES string of the molecule is Cc1cccc(C)c1OCC(=O)N[C@@H](Cc1ccccc1)C(C[C@H](Cc1ccccc1)NC(=O)[C@H](C(C)C)N1CCCNC1=O)OC(=O)C(C)(C)CCOP(=O)([O-])[O-].[Na+].[Na+]. The van der Waals surface area contributed by atoms with Gasteiger partial charge < -0.3 is 49.2 Å². The average Bonchev–Trinajstić information content (AvgIpc) is 3.15. The van der Waals surface area contributed by atoms with Crippen molar-refractivity contribution in [1.82, 2.24) is 20.9 Å². The van der Waals surface area contributed by atoms with Gasteiger partial charge >= 0.3 is 71.1 Å². The van der Waals surface area contributed by atoms with Gasteiger partial charge in [-0.25, -0.2) is 4.79 Å². The van der Waals surface area contributed by atoms with Crippen LogP contribution in [-0.4, -0.2) is 79.2 Å². The molecule has 3 N–H and O–H groups in total. The van der Waals surface area contributed by atoms with Crippen LogP contribution in [0.2, 0.25) is 0 Å². The Morgan fingerprint density at radius 3 is 2.02 bits per heavy atom. The standard InChI is InChI=1S/C43H59N4O10P.2Na/c1-29(2)38(47-23-14-22-44-42(47)51)40(49)45-34(25-32-17-9-7-10-18-32)27-36(57-41(50)43(5,6)21-24-56-58(52,53)54)35(26-33-19-11-8-12-20-33)46-37(48)28-55-39-30(3)15-13-16-31(39)4;;/h7-13,15-20,29,34-36,38H,14,21-28H2,1-6H3,(H,44,51)(H,45,49)(H,46,48)(H2,52,53,54);;/q;2*+1/p-2/t34-,35-,36?,38-;;/m0../s1. The van der Waals surface area contributed by atoms with Crippen molar-refractivity contribution in [2.24, 2.45) is 11.3 Å². The van der Waals surface area contributed by atoms with E-state index in [4.69, 9.17) is 9.47 Å². The van der Waals surface area contributed by atoms with E-state index in [-0.39, 0.29) is 103 Å². The maximum absolute atomic E-state index is 14.3. The maximum atomic E-state index is 14.3. The summed E-state index contributed by atoms with van der Waals surface area (Å²) in [5, 5.41) is 9.07. The Balaban J connectivity index is 0.00000620. The van der Waals surface area contributed by atoms with E-state index in [2.05, 4.69) is 20.5 Å². The first-order valence-electron chi connectivity index (χ1n) is 19.7. The molecule has 1 aliphatic heterocycles. The number of phosphoric acid groups is 1. The number of nitrogens with zero attached hydrogens (tertiary/aromatic N) is 1. The molecule has 3 aromatic rings. The van der Waals surface area contributed by atoms with Crippen LogP contribution in [0.5, 0.6) is 5.75 Å². The summed E-state index contributed by atoms with van der Waals surface area (Å²) in [4.78, 5) is 79.1. The molecule has 0 bridgehead atoms. The number of rotatable bonds is 21. The molecule has 0 saturated carbocycles. The van der Waals surface area contributed by atoms with Crippen molar-refractivity contribution < 1.29 is 107 Å². The number of benzene rings is 3. The van der Waals surface area contributed by atoms with Gasteiger partial charge in [0.15, 0.2) is 6.61 Å². The van der Waals surface area contributed by atoms with Crippen LogP contribution in [0.25, 0.3) is 0 Å². The van der Waals surface area contributed by atoms with E-state index in [1.807, 2.05) is 107 Å². The number of aryl methyl sites for hydroxylation is 2. The normalized spacial score (nSPS) is 14.9. The third-order valence-corrected chi connectivity index (χ3v) is 10.7. The summed E-state index contributed by atoms with van der Waals surface area (Å²) in [5.41, 5.74) is 2.11. The minimum atomic E-state index is -5.29. The van der Waals surface area contributed by atoms with Crippen LogP contribution >= 0.6 is 7.82 Å². The van der Waals surface area contributed by atoms with Crippen molar-refractivity contribution in [3.63, 3.8) is 0 Å². The van der Waals surface area contributed by atoms with Crippen LogP contribution in [-0.2, 0) is 41.1 Å². The zero-order valence-electron chi connectivity index (χ0n) is 36.2. The Labute approximate surface area is 398 Å². The zero-order chi connectivity index (χ0) is 42.5. The molecule has 3 aromatic carbocycles. The Morgan fingerprint density at radius 1 is 0.883 bits per heavy atom. The smallest absolute Gasteiger partial charge is 0.790 e. The summed E-state index contributed by atoms with van der Waals surface area (Å²) in [6.07, 6.45) is 0.0307. The summed E-state index contributed by atoms with van der Waals surface area (Å²) in [7, 11) is -5.29. The molecular formula is C43H57N4Na2O10P. The molecule has 14 nitrogen and oxygen atoms in total. The van der Waals surface area contributed by atoms with E-state index < -0.39 is 56.0 Å². The number of nitrogens with one attached hydrogen (secondary N) is 3. The average molecular weight is 867 g/mol. The number of amides is 4. The number of hydrogen-bond acceptors (Lipinski definition) is 10. The molecular weight excluding hydrogens is 809 g/mol. The fraction of sp³-hybridized carbons (Fsp3) is 0.488. The topological polar surface area (TPSA) is 198 Å². The maximum Gasteiger partial charge on any atom is 1.00 e. The van der Waals surface area contributed by atoms with Crippen LogP contribution in [0, 0.1) is 25.2 Å². The van der Waals surface area contributed by atoms with Gasteiger partial charge in [0.2, 0.25) is 5.91 Å². The van der Waals surface area contributed by atoms with Gasteiger partial charge in [0.05, 0.1) is 25.9 Å². The predicted octanol–water partition coefficient (Wildman–Crippen LogP) is -1.85. The molecule has 0 spiro atoms. The van der Waals surface area contributed by atoms with Gasteiger partial charge in [0, 0.05) is 25.6 Å². The van der Waals surface area contributed by atoms with Crippen LogP contribution in [0.15, 0.2) is 78.9 Å². The van der Waals surface area contributed by atoms with Gasteiger partial charge in [-0.15, -0.1) is 0 Å². The second-order valence-electron chi connectivity index (χ2n) is 15.8. The summed E-state index contributed by atoms with van der Waals surface area (Å²) in [5.74, 6) is -1.24. The fourth-order valence-electron chi connectivity index (χ4n) is 7.04. The third-order valence-electron chi connectivity index (χ3n) is 10.2. The van der Waals surface area contributed by atoms with Gasteiger partial charge in [-0.2, -0.15) is 0 Å². The Hall–Kier alpha value is -2.75. The molecule has 60 heavy (non-hydrogen) atoms. The number of para-hydroxylation sites is 1. The summed E-state index contributed by atoms with van der Waals surface area (Å²) in [6, 6.07) is 21.8. The van der Waals surface area contributed by atoms with Crippen LogP contribution in [0.1, 0.15) is 69.2 Å². The first-order chi connectivity index (χ1) is 27.4. The zero-order valence-corrected chi connectivity index (χ0v) is 41.1. The number of carbonyl (C=O) groups excluding carboxylic acids is 4. The Kier molecular flexibility index (Phi) is 22.6. The summed E-state index contributed by atoms with van der Waals surface area (Å²) >= 11 is 0. The molecule has 4 atom stereocenters. The first-order valence-corrected chi connectivity index (χ1v) is 21.2. The summed E-state index contributed by atoms with van der Waals surface area (Å²) in [6.45, 7) is 10.7.